The van der Waals surface area contributed by atoms with Gasteiger partial charge in [0.15, 0.2) is 5.58 Å². The van der Waals surface area contributed by atoms with E-state index in [0.717, 1.165) is 33.7 Å². The predicted octanol–water partition coefficient (Wildman–Crippen LogP) is 10.6. The number of hydrogen-bond donors (Lipinski definition) is 0. The monoisotopic (exact) mass is 518 g/mol. The summed E-state index contributed by atoms with van der Waals surface area (Å²) in [5.74, 6) is 0. The van der Waals surface area contributed by atoms with E-state index in [9.17, 15) is 0 Å². The SMILES string of the molecule is CC(C)(C)c1noc2ccc3ccc4ccc(N(c5ccccc5)c5ccc(-c6ccccc6)cc5)cc4c3c12. The van der Waals surface area contributed by atoms with Gasteiger partial charge in [0.2, 0.25) is 0 Å². The molecule has 0 unspecified atom stereocenters. The zero-order valence-electron chi connectivity index (χ0n) is 22.9. The van der Waals surface area contributed by atoms with E-state index in [1.54, 1.807) is 0 Å². The number of aromatic nitrogens is 1. The van der Waals surface area contributed by atoms with Gasteiger partial charge in [-0.05, 0) is 69.8 Å². The molecule has 0 atom stereocenters. The second-order valence-corrected chi connectivity index (χ2v) is 11.4. The maximum Gasteiger partial charge on any atom is 0.167 e. The van der Waals surface area contributed by atoms with Crippen LogP contribution in [-0.2, 0) is 5.41 Å². The molecule has 40 heavy (non-hydrogen) atoms. The van der Waals surface area contributed by atoms with Crippen LogP contribution >= 0.6 is 0 Å². The molecule has 0 saturated heterocycles. The van der Waals surface area contributed by atoms with Crippen LogP contribution in [-0.4, -0.2) is 5.16 Å². The maximum atomic E-state index is 5.84. The quantitative estimate of drug-likeness (QED) is 0.217. The molecule has 0 aliphatic heterocycles. The van der Waals surface area contributed by atoms with E-state index in [1.807, 2.05) is 6.07 Å². The molecule has 7 rings (SSSR count). The van der Waals surface area contributed by atoms with Gasteiger partial charge in [-0.25, -0.2) is 0 Å². The van der Waals surface area contributed by atoms with E-state index < -0.39 is 0 Å². The summed E-state index contributed by atoms with van der Waals surface area (Å²) >= 11 is 0. The molecule has 7 aromatic rings. The second-order valence-electron chi connectivity index (χ2n) is 11.4. The zero-order chi connectivity index (χ0) is 27.3. The highest BCUT2D eigenvalue weighted by Crippen LogP contribution is 2.41. The molecular formula is C37H30N2O. The molecule has 0 spiro atoms. The molecule has 0 radical (unpaired) electrons. The first-order chi connectivity index (χ1) is 19.5. The van der Waals surface area contributed by atoms with Crippen LogP contribution in [0.2, 0.25) is 0 Å². The summed E-state index contributed by atoms with van der Waals surface area (Å²) in [6.45, 7) is 6.57. The van der Waals surface area contributed by atoms with E-state index >= 15 is 0 Å². The lowest BCUT2D eigenvalue weighted by Crippen LogP contribution is -2.12. The third-order valence-corrected chi connectivity index (χ3v) is 7.64. The van der Waals surface area contributed by atoms with Crippen molar-refractivity contribution in [2.75, 3.05) is 4.90 Å². The number of hydrogen-bond acceptors (Lipinski definition) is 3. The highest BCUT2D eigenvalue weighted by Gasteiger charge is 2.24. The number of rotatable bonds is 4. The van der Waals surface area contributed by atoms with Crippen molar-refractivity contribution < 1.29 is 4.52 Å². The summed E-state index contributed by atoms with van der Waals surface area (Å²) in [7, 11) is 0. The van der Waals surface area contributed by atoms with Crippen LogP contribution in [0.15, 0.2) is 132 Å². The minimum Gasteiger partial charge on any atom is -0.356 e. The predicted molar refractivity (Wildman–Crippen MR) is 168 cm³/mol. The smallest absolute Gasteiger partial charge is 0.167 e. The molecule has 0 N–H and O–H groups in total. The number of para-hydroxylation sites is 1. The van der Waals surface area contributed by atoms with Crippen LogP contribution in [0, 0.1) is 0 Å². The molecule has 3 nitrogen and oxygen atoms in total. The zero-order valence-corrected chi connectivity index (χ0v) is 22.9. The van der Waals surface area contributed by atoms with Crippen molar-refractivity contribution in [3.8, 4) is 11.1 Å². The first-order valence-corrected chi connectivity index (χ1v) is 13.7. The Bertz CT molecular complexity index is 1970. The van der Waals surface area contributed by atoms with Crippen molar-refractivity contribution in [2.24, 2.45) is 0 Å². The second kappa shape index (κ2) is 9.39. The minimum absolute atomic E-state index is 0.143. The molecule has 0 saturated carbocycles. The van der Waals surface area contributed by atoms with Gasteiger partial charge < -0.3 is 9.42 Å². The number of benzene rings is 6. The van der Waals surface area contributed by atoms with E-state index in [1.165, 1.54) is 32.7 Å². The van der Waals surface area contributed by atoms with Crippen LogP contribution in [0.5, 0.6) is 0 Å². The largest absolute Gasteiger partial charge is 0.356 e. The standard InChI is InChI=1S/C37H30N2O/c1-37(2,3)36-35-33(40-38-36)23-19-28-15-14-27-18-22-31(24-32(27)34(28)35)39(29-12-8-5-9-13-29)30-20-16-26(17-21-30)25-10-6-4-7-11-25/h4-24H,1-3H3. The molecule has 0 bridgehead atoms. The summed E-state index contributed by atoms with van der Waals surface area (Å²) < 4.78 is 5.84. The fraction of sp³-hybridized carbons (Fsp3) is 0.108. The van der Waals surface area contributed by atoms with E-state index in [2.05, 4.69) is 152 Å². The summed E-state index contributed by atoms with van der Waals surface area (Å²) in [4.78, 5) is 2.32. The molecule has 1 heterocycles. The molecule has 1 aromatic heterocycles. The van der Waals surface area contributed by atoms with E-state index in [0.29, 0.717) is 0 Å². The molecule has 0 amide bonds. The molecule has 194 valence electrons. The molecular weight excluding hydrogens is 488 g/mol. The Labute approximate surface area is 234 Å². The molecule has 0 aliphatic rings. The molecule has 0 fully saturated rings. The van der Waals surface area contributed by atoms with Gasteiger partial charge in [0.05, 0.1) is 11.1 Å². The van der Waals surface area contributed by atoms with Gasteiger partial charge in [-0.2, -0.15) is 0 Å². The molecule has 0 aliphatic carbocycles. The summed E-state index contributed by atoms with van der Waals surface area (Å²) in [5, 5.41) is 10.4. The van der Waals surface area contributed by atoms with Gasteiger partial charge in [0.25, 0.3) is 0 Å². The lowest BCUT2D eigenvalue weighted by molar-refractivity contribution is 0.419. The Morgan fingerprint density at radius 2 is 1.12 bits per heavy atom. The summed E-state index contributed by atoms with van der Waals surface area (Å²) in [6, 6.07) is 45.2. The van der Waals surface area contributed by atoms with Gasteiger partial charge >= 0.3 is 0 Å². The fourth-order valence-corrected chi connectivity index (χ4v) is 5.67. The summed E-state index contributed by atoms with van der Waals surface area (Å²) in [5.41, 5.74) is 7.40. The maximum absolute atomic E-state index is 5.84. The average molecular weight is 519 g/mol. The Morgan fingerprint density at radius 3 is 1.85 bits per heavy atom. The lowest BCUT2D eigenvalue weighted by Gasteiger charge is -2.26. The molecule has 6 aromatic carbocycles. The van der Waals surface area contributed by atoms with Crippen molar-refractivity contribution in [3.05, 3.63) is 133 Å². The minimum atomic E-state index is -0.143. The van der Waals surface area contributed by atoms with Gasteiger partial charge in [-0.3, -0.25) is 0 Å². The lowest BCUT2D eigenvalue weighted by atomic mass is 9.87. The van der Waals surface area contributed by atoms with Crippen molar-refractivity contribution in [1.29, 1.82) is 0 Å². The fourth-order valence-electron chi connectivity index (χ4n) is 5.67. The van der Waals surface area contributed by atoms with E-state index in [-0.39, 0.29) is 5.41 Å². The highest BCUT2D eigenvalue weighted by atomic mass is 16.5. The third-order valence-electron chi connectivity index (χ3n) is 7.64. The Kier molecular flexibility index (Phi) is 5.67. The topological polar surface area (TPSA) is 29.3 Å². The highest BCUT2D eigenvalue weighted by molar-refractivity contribution is 6.20. The van der Waals surface area contributed by atoms with Gasteiger partial charge in [0.1, 0.15) is 0 Å². The number of anilines is 3. The normalized spacial score (nSPS) is 11.9. The van der Waals surface area contributed by atoms with E-state index in [4.69, 9.17) is 4.52 Å². The third kappa shape index (κ3) is 4.11. The Hall–Kier alpha value is -4.89. The van der Waals surface area contributed by atoms with Crippen LogP contribution in [0.1, 0.15) is 26.5 Å². The van der Waals surface area contributed by atoms with Crippen LogP contribution in [0.3, 0.4) is 0 Å². The van der Waals surface area contributed by atoms with Gasteiger partial charge in [0, 0.05) is 27.9 Å². The van der Waals surface area contributed by atoms with Gasteiger partial charge in [-0.1, -0.05) is 111 Å². The van der Waals surface area contributed by atoms with Crippen LogP contribution in [0.25, 0.3) is 43.6 Å². The first kappa shape index (κ1) is 24.2. The van der Waals surface area contributed by atoms with Crippen LogP contribution in [0.4, 0.5) is 17.1 Å². The first-order valence-electron chi connectivity index (χ1n) is 13.7. The van der Waals surface area contributed by atoms with Gasteiger partial charge in [-0.15, -0.1) is 0 Å². The van der Waals surface area contributed by atoms with Crippen molar-refractivity contribution >= 4 is 49.6 Å². The van der Waals surface area contributed by atoms with Crippen molar-refractivity contribution in [2.45, 2.75) is 26.2 Å². The Balaban J connectivity index is 1.45. The van der Waals surface area contributed by atoms with Crippen LogP contribution < -0.4 is 4.90 Å². The van der Waals surface area contributed by atoms with Crippen molar-refractivity contribution in [3.63, 3.8) is 0 Å². The number of nitrogens with zero attached hydrogens (tertiary/aromatic N) is 2. The number of fused-ring (bicyclic) bond motifs is 5. The summed E-state index contributed by atoms with van der Waals surface area (Å²) in [6.07, 6.45) is 0. The Morgan fingerprint density at radius 1 is 0.550 bits per heavy atom. The average Bonchev–Trinajstić information content (AvgIpc) is 3.44. The molecule has 3 heteroatoms. The van der Waals surface area contributed by atoms with Crippen molar-refractivity contribution in [1.82, 2.24) is 5.16 Å².